The van der Waals surface area contributed by atoms with Crippen LogP contribution in [0.3, 0.4) is 0 Å². The van der Waals surface area contributed by atoms with Crippen molar-refractivity contribution >= 4 is 21.7 Å². The molecule has 1 aromatic carbocycles. The smallest absolute Gasteiger partial charge is 0.143 e. The highest BCUT2D eigenvalue weighted by molar-refractivity contribution is 9.10. The molecule has 100 valence electrons. The van der Waals surface area contributed by atoms with E-state index in [9.17, 15) is 0 Å². The second kappa shape index (κ2) is 4.56. The summed E-state index contributed by atoms with van der Waals surface area (Å²) in [6.45, 7) is 2.06. The van der Waals surface area contributed by atoms with Gasteiger partial charge in [0.1, 0.15) is 11.6 Å². The van der Waals surface area contributed by atoms with Crippen molar-refractivity contribution in [1.82, 2.24) is 9.78 Å². The lowest BCUT2D eigenvalue weighted by molar-refractivity contribution is 0.302. The van der Waals surface area contributed by atoms with E-state index >= 15 is 0 Å². The van der Waals surface area contributed by atoms with Gasteiger partial charge >= 0.3 is 0 Å². The number of hydrogen-bond donors (Lipinski definition) is 1. The van der Waals surface area contributed by atoms with Crippen LogP contribution in [0.5, 0.6) is 5.75 Å². The number of benzene rings is 1. The van der Waals surface area contributed by atoms with E-state index in [1.165, 1.54) is 0 Å². The number of aromatic nitrogens is 2. The number of aryl methyl sites for hydroxylation is 2. The molecule has 4 nitrogen and oxygen atoms in total. The van der Waals surface area contributed by atoms with Gasteiger partial charge in [-0.15, -0.1) is 0 Å². The Kier molecular flexibility index (Phi) is 3.01. The maximum absolute atomic E-state index is 6.01. The zero-order valence-electron chi connectivity index (χ0n) is 11.0. The molecule has 0 saturated heterocycles. The van der Waals surface area contributed by atoms with Gasteiger partial charge in [-0.3, -0.25) is 4.68 Å². The standard InChI is InChI=1S/C14H16BrN3O/c1-8-5-10(12-7-13(16)18(2)17-12)14(11(15)6-8)19-9-3-4-9/h5-7,9H,3-4,16H2,1-2H3. The van der Waals surface area contributed by atoms with Gasteiger partial charge in [0, 0.05) is 18.7 Å². The quantitative estimate of drug-likeness (QED) is 0.943. The van der Waals surface area contributed by atoms with Crippen molar-refractivity contribution < 1.29 is 4.74 Å². The molecule has 0 atom stereocenters. The van der Waals surface area contributed by atoms with Crippen LogP contribution in [0.15, 0.2) is 22.7 Å². The summed E-state index contributed by atoms with van der Waals surface area (Å²) in [5.41, 5.74) is 8.87. The zero-order chi connectivity index (χ0) is 13.6. The fourth-order valence-electron chi connectivity index (χ4n) is 2.00. The van der Waals surface area contributed by atoms with Crippen LogP contribution in [0.2, 0.25) is 0 Å². The number of nitrogen functional groups attached to an aromatic ring is 1. The van der Waals surface area contributed by atoms with E-state index < -0.39 is 0 Å². The lowest BCUT2D eigenvalue weighted by Crippen LogP contribution is -2.00. The Morgan fingerprint density at radius 3 is 2.68 bits per heavy atom. The number of halogens is 1. The van der Waals surface area contributed by atoms with Gasteiger partial charge in [-0.2, -0.15) is 5.10 Å². The summed E-state index contributed by atoms with van der Waals surface area (Å²) in [6.07, 6.45) is 2.60. The fourth-order valence-corrected chi connectivity index (χ4v) is 2.67. The normalized spacial score (nSPS) is 14.7. The topological polar surface area (TPSA) is 53.1 Å². The maximum Gasteiger partial charge on any atom is 0.143 e. The van der Waals surface area contributed by atoms with E-state index in [0.717, 1.165) is 39.9 Å². The monoisotopic (exact) mass is 321 g/mol. The van der Waals surface area contributed by atoms with E-state index in [2.05, 4.69) is 40.1 Å². The Bertz CT molecular complexity index is 612. The molecule has 0 aliphatic heterocycles. The highest BCUT2D eigenvalue weighted by atomic mass is 79.9. The van der Waals surface area contributed by atoms with Crippen LogP contribution < -0.4 is 10.5 Å². The molecule has 3 rings (SSSR count). The number of ether oxygens (including phenoxy) is 1. The second-order valence-electron chi connectivity index (χ2n) is 5.02. The van der Waals surface area contributed by atoms with Crippen LogP contribution in [0.4, 0.5) is 5.82 Å². The Morgan fingerprint density at radius 2 is 2.11 bits per heavy atom. The maximum atomic E-state index is 6.01. The summed E-state index contributed by atoms with van der Waals surface area (Å²) in [7, 11) is 1.84. The lowest BCUT2D eigenvalue weighted by atomic mass is 10.1. The molecule has 1 aliphatic carbocycles. The molecule has 1 fully saturated rings. The Hall–Kier alpha value is -1.49. The Balaban J connectivity index is 2.11. The molecule has 19 heavy (non-hydrogen) atoms. The van der Waals surface area contributed by atoms with Crippen molar-refractivity contribution in [2.75, 3.05) is 5.73 Å². The van der Waals surface area contributed by atoms with Crippen molar-refractivity contribution in [2.24, 2.45) is 7.05 Å². The van der Waals surface area contributed by atoms with Crippen molar-refractivity contribution in [1.29, 1.82) is 0 Å². The van der Waals surface area contributed by atoms with Gasteiger partial charge in [0.25, 0.3) is 0 Å². The van der Waals surface area contributed by atoms with E-state index in [1.807, 2.05) is 13.1 Å². The Morgan fingerprint density at radius 1 is 1.37 bits per heavy atom. The van der Waals surface area contributed by atoms with Gasteiger partial charge in [0.05, 0.1) is 16.3 Å². The van der Waals surface area contributed by atoms with Gasteiger partial charge in [0.15, 0.2) is 0 Å². The molecule has 0 amide bonds. The number of anilines is 1. The molecule has 1 aromatic heterocycles. The molecule has 0 unspecified atom stereocenters. The first kappa shape index (κ1) is 12.5. The highest BCUT2D eigenvalue weighted by Gasteiger charge is 2.26. The summed E-state index contributed by atoms with van der Waals surface area (Å²) >= 11 is 3.59. The second-order valence-corrected chi connectivity index (χ2v) is 5.87. The van der Waals surface area contributed by atoms with Gasteiger partial charge < -0.3 is 10.5 Å². The SMILES string of the molecule is Cc1cc(Br)c(OC2CC2)c(-c2cc(N)n(C)n2)c1. The van der Waals surface area contributed by atoms with Gasteiger partial charge in [0.2, 0.25) is 0 Å². The minimum absolute atomic E-state index is 0.346. The number of nitrogens with zero attached hydrogens (tertiary/aromatic N) is 2. The number of hydrogen-bond acceptors (Lipinski definition) is 3. The van der Waals surface area contributed by atoms with Crippen LogP contribution in [-0.4, -0.2) is 15.9 Å². The average Bonchev–Trinajstić information content (AvgIpc) is 3.09. The third kappa shape index (κ3) is 2.47. The highest BCUT2D eigenvalue weighted by Crippen LogP contribution is 2.40. The first-order chi connectivity index (χ1) is 9.04. The summed E-state index contributed by atoms with van der Waals surface area (Å²) in [4.78, 5) is 0. The molecule has 2 aromatic rings. The van der Waals surface area contributed by atoms with Crippen molar-refractivity contribution in [2.45, 2.75) is 25.9 Å². The number of rotatable bonds is 3. The van der Waals surface area contributed by atoms with E-state index in [4.69, 9.17) is 10.5 Å². The third-order valence-electron chi connectivity index (χ3n) is 3.19. The van der Waals surface area contributed by atoms with Crippen LogP contribution in [0.1, 0.15) is 18.4 Å². The molecule has 0 radical (unpaired) electrons. The summed E-state index contributed by atoms with van der Waals surface area (Å²) in [5.74, 6) is 1.51. The average molecular weight is 322 g/mol. The lowest BCUT2D eigenvalue weighted by Gasteiger charge is -2.12. The minimum Gasteiger partial charge on any atom is -0.489 e. The first-order valence-corrected chi connectivity index (χ1v) is 7.10. The molecular weight excluding hydrogens is 306 g/mol. The first-order valence-electron chi connectivity index (χ1n) is 6.31. The molecule has 0 spiro atoms. The summed E-state index contributed by atoms with van der Waals surface area (Å²) < 4.78 is 8.65. The predicted octanol–water partition coefficient (Wildman–Crippen LogP) is 3.28. The third-order valence-corrected chi connectivity index (χ3v) is 3.78. The predicted molar refractivity (Wildman–Crippen MR) is 79.1 cm³/mol. The van der Waals surface area contributed by atoms with Gasteiger partial charge in [-0.1, -0.05) is 0 Å². The van der Waals surface area contributed by atoms with E-state index in [0.29, 0.717) is 11.9 Å². The van der Waals surface area contributed by atoms with Crippen LogP contribution in [-0.2, 0) is 7.05 Å². The van der Waals surface area contributed by atoms with Crippen LogP contribution in [0, 0.1) is 6.92 Å². The molecule has 0 bridgehead atoms. The van der Waals surface area contributed by atoms with Crippen molar-refractivity contribution in [3.05, 3.63) is 28.2 Å². The molecule has 1 aliphatic rings. The molecular formula is C14H16BrN3O. The van der Waals surface area contributed by atoms with E-state index in [1.54, 1.807) is 4.68 Å². The minimum atomic E-state index is 0.346. The fraction of sp³-hybridized carbons (Fsp3) is 0.357. The molecule has 5 heteroatoms. The largest absolute Gasteiger partial charge is 0.489 e. The van der Waals surface area contributed by atoms with Gasteiger partial charge in [-0.25, -0.2) is 0 Å². The molecule has 1 saturated carbocycles. The summed E-state index contributed by atoms with van der Waals surface area (Å²) in [5, 5.41) is 4.44. The van der Waals surface area contributed by atoms with Crippen LogP contribution in [0.25, 0.3) is 11.3 Å². The van der Waals surface area contributed by atoms with Gasteiger partial charge in [-0.05, 0) is 53.4 Å². The van der Waals surface area contributed by atoms with E-state index in [-0.39, 0.29) is 0 Å². The van der Waals surface area contributed by atoms with Crippen molar-refractivity contribution in [3.63, 3.8) is 0 Å². The molecule has 1 heterocycles. The summed E-state index contributed by atoms with van der Waals surface area (Å²) in [6, 6.07) is 6.03. The van der Waals surface area contributed by atoms with Crippen LogP contribution >= 0.6 is 15.9 Å². The van der Waals surface area contributed by atoms with Crippen molar-refractivity contribution in [3.8, 4) is 17.0 Å². The zero-order valence-corrected chi connectivity index (χ0v) is 12.6. The molecule has 2 N–H and O–H groups in total. The Labute approximate surface area is 120 Å². The number of nitrogens with two attached hydrogens (primary N) is 1.